The summed E-state index contributed by atoms with van der Waals surface area (Å²) in [5.41, 5.74) is -0.858. The Morgan fingerprint density at radius 2 is 1.92 bits per heavy atom. The van der Waals surface area contributed by atoms with E-state index in [-0.39, 0.29) is 22.9 Å². The number of alkyl halides is 3. The number of halogens is 4. The van der Waals surface area contributed by atoms with E-state index in [0.717, 1.165) is 25.1 Å². The Morgan fingerprint density at radius 3 is 2.38 bits per heavy atom. The zero-order valence-electron chi connectivity index (χ0n) is 15.3. The molecule has 2 heterocycles. The van der Waals surface area contributed by atoms with Gasteiger partial charge in [-0.25, -0.2) is 4.98 Å². The van der Waals surface area contributed by atoms with Crippen molar-refractivity contribution in [3.63, 3.8) is 0 Å². The van der Waals surface area contributed by atoms with Crippen LogP contribution in [0.25, 0.3) is 0 Å². The number of carbonyl (C=O) groups excluding carboxylic acids is 1. The lowest BCUT2D eigenvalue weighted by Crippen LogP contribution is -2.44. The van der Waals surface area contributed by atoms with E-state index in [4.69, 9.17) is 11.6 Å². The van der Waals surface area contributed by atoms with Crippen LogP contribution < -0.4 is 4.90 Å². The van der Waals surface area contributed by atoms with Gasteiger partial charge in [-0.05, 0) is 31.7 Å². The molecule has 1 aromatic rings. The summed E-state index contributed by atoms with van der Waals surface area (Å²) in [6, 6.07) is 1.15. The van der Waals surface area contributed by atoms with Gasteiger partial charge in [0.1, 0.15) is 5.82 Å². The SMILES string of the molecule is CCC(CC)N(C)C(=O)C1CCN(c2ncc(C(F)(F)F)cc2Cl)CC1. The van der Waals surface area contributed by atoms with Crippen molar-refractivity contribution >= 4 is 23.3 Å². The maximum atomic E-state index is 12.7. The number of amides is 1. The van der Waals surface area contributed by atoms with E-state index in [1.165, 1.54) is 0 Å². The molecule has 1 aliphatic rings. The average molecular weight is 392 g/mol. The van der Waals surface area contributed by atoms with Gasteiger partial charge in [-0.3, -0.25) is 4.79 Å². The molecule has 0 radical (unpaired) electrons. The monoisotopic (exact) mass is 391 g/mol. The first-order valence-corrected chi connectivity index (χ1v) is 9.31. The molecular weight excluding hydrogens is 367 g/mol. The predicted octanol–water partition coefficient (Wildman–Crippen LogP) is 4.62. The lowest BCUT2D eigenvalue weighted by Gasteiger charge is -2.36. The number of aromatic nitrogens is 1. The van der Waals surface area contributed by atoms with E-state index in [2.05, 4.69) is 18.8 Å². The normalized spacial score (nSPS) is 16.2. The minimum atomic E-state index is -4.46. The molecule has 1 aliphatic heterocycles. The van der Waals surface area contributed by atoms with Crippen LogP contribution >= 0.6 is 11.6 Å². The number of carbonyl (C=O) groups is 1. The molecule has 146 valence electrons. The predicted molar refractivity (Wildman–Crippen MR) is 96.3 cm³/mol. The topological polar surface area (TPSA) is 36.4 Å². The molecule has 0 bridgehead atoms. The number of rotatable bonds is 5. The van der Waals surface area contributed by atoms with Gasteiger partial charge in [0.25, 0.3) is 0 Å². The van der Waals surface area contributed by atoms with E-state index in [9.17, 15) is 18.0 Å². The van der Waals surface area contributed by atoms with Crippen LogP contribution in [-0.4, -0.2) is 42.0 Å². The Morgan fingerprint density at radius 1 is 1.35 bits per heavy atom. The summed E-state index contributed by atoms with van der Waals surface area (Å²) in [7, 11) is 1.85. The van der Waals surface area contributed by atoms with Crippen molar-refractivity contribution in [3.8, 4) is 0 Å². The van der Waals surface area contributed by atoms with Crippen LogP contribution in [0.3, 0.4) is 0 Å². The highest BCUT2D eigenvalue weighted by atomic mass is 35.5. The molecule has 0 aliphatic carbocycles. The van der Waals surface area contributed by atoms with Gasteiger partial charge in [-0.15, -0.1) is 0 Å². The molecular formula is C18H25ClF3N3O. The molecule has 1 amide bonds. The van der Waals surface area contributed by atoms with E-state index in [1.54, 1.807) is 0 Å². The van der Waals surface area contributed by atoms with Gasteiger partial charge < -0.3 is 9.80 Å². The number of hydrogen-bond donors (Lipinski definition) is 0. The van der Waals surface area contributed by atoms with Crippen LogP contribution in [0, 0.1) is 5.92 Å². The first-order chi connectivity index (χ1) is 12.2. The molecule has 4 nitrogen and oxygen atoms in total. The fraction of sp³-hybridized carbons (Fsp3) is 0.667. The molecule has 0 unspecified atom stereocenters. The Balaban J connectivity index is 2.01. The molecule has 0 saturated carbocycles. The smallest absolute Gasteiger partial charge is 0.355 e. The lowest BCUT2D eigenvalue weighted by molar-refractivity contribution is -0.138. The van der Waals surface area contributed by atoms with Gasteiger partial charge >= 0.3 is 6.18 Å². The Kier molecular flexibility index (Phi) is 6.77. The molecule has 0 atom stereocenters. The molecule has 0 aromatic carbocycles. The second-order valence-electron chi connectivity index (χ2n) is 6.71. The molecule has 2 rings (SSSR count). The van der Waals surface area contributed by atoms with Gasteiger partial charge in [0.05, 0.1) is 10.6 Å². The second-order valence-corrected chi connectivity index (χ2v) is 7.12. The van der Waals surface area contributed by atoms with E-state index >= 15 is 0 Å². The Labute approximate surface area is 157 Å². The summed E-state index contributed by atoms with van der Waals surface area (Å²) < 4.78 is 38.2. The van der Waals surface area contributed by atoms with E-state index in [0.29, 0.717) is 31.7 Å². The fourth-order valence-electron chi connectivity index (χ4n) is 3.46. The van der Waals surface area contributed by atoms with Crippen molar-refractivity contribution < 1.29 is 18.0 Å². The first kappa shape index (κ1) is 20.8. The zero-order valence-corrected chi connectivity index (χ0v) is 16.1. The van der Waals surface area contributed by atoms with Gasteiger partial charge in [-0.2, -0.15) is 13.2 Å². The third-order valence-electron chi connectivity index (χ3n) is 5.13. The van der Waals surface area contributed by atoms with Crippen LogP contribution in [0.1, 0.15) is 45.1 Å². The average Bonchev–Trinajstić information content (AvgIpc) is 2.61. The third-order valence-corrected chi connectivity index (χ3v) is 5.41. The van der Waals surface area contributed by atoms with Gasteiger partial charge in [0.2, 0.25) is 5.91 Å². The number of hydrogen-bond acceptors (Lipinski definition) is 3. The summed E-state index contributed by atoms with van der Waals surface area (Å²) >= 11 is 6.02. The number of pyridine rings is 1. The summed E-state index contributed by atoms with van der Waals surface area (Å²) in [5.74, 6) is 0.425. The van der Waals surface area contributed by atoms with Gasteiger partial charge in [-0.1, -0.05) is 25.4 Å². The van der Waals surface area contributed by atoms with E-state index < -0.39 is 11.7 Å². The molecule has 0 spiro atoms. The third kappa shape index (κ3) is 4.61. The molecule has 1 saturated heterocycles. The largest absolute Gasteiger partial charge is 0.417 e. The van der Waals surface area contributed by atoms with Crippen LogP contribution in [0.15, 0.2) is 12.3 Å². The minimum absolute atomic E-state index is 0.0150. The summed E-state index contributed by atoms with van der Waals surface area (Å²) in [5, 5.41) is -0.0150. The minimum Gasteiger partial charge on any atom is -0.355 e. The van der Waals surface area contributed by atoms with Gasteiger partial charge in [0.15, 0.2) is 0 Å². The maximum absolute atomic E-state index is 12.7. The van der Waals surface area contributed by atoms with Crippen molar-refractivity contribution in [1.82, 2.24) is 9.88 Å². The molecule has 1 fully saturated rings. The summed E-state index contributed by atoms with van der Waals surface area (Å²) in [6.07, 6.45) is -0.538. The number of piperidine rings is 1. The van der Waals surface area contributed by atoms with Crippen molar-refractivity contribution in [2.45, 2.75) is 51.7 Å². The van der Waals surface area contributed by atoms with Crippen LogP contribution in [0.2, 0.25) is 5.02 Å². The Hall–Kier alpha value is -1.50. The van der Waals surface area contributed by atoms with Crippen LogP contribution in [0.4, 0.5) is 19.0 Å². The van der Waals surface area contributed by atoms with Crippen molar-refractivity contribution in [2.24, 2.45) is 5.92 Å². The number of anilines is 1. The molecule has 8 heteroatoms. The highest BCUT2D eigenvalue weighted by Crippen LogP contribution is 2.34. The van der Waals surface area contributed by atoms with Crippen LogP contribution in [-0.2, 0) is 11.0 Å². The highest BCUT2D eigenvalue weighted by molar-refractivity contribution is 6.33. The second kappa shape index (κ2) is 8.46. The fourth-order valence-corrected chi connectivity index (χ4v) is 3.75. The molecule has 0 N–H and O–H groups in total. The maximum Gasteiger partial charge on any atom is 0.417 e. The molecule has 1 aromatic heterocycles. The van der Waals surface area contributed by atoms with Gasteiger partial charge in [0, 0.05) is 38.3 Å². The zero-order chi connectivity index (χ0) is 19.5. The Bertz CT molecular complexity index is 627. The lowest BCUT2D eigenvalue weighted by atomic mass is 9.94. The summed E-state index contributed by atoms with van der Waals surface area (Å²) in [4.78, 5) is 20.3. The van der Waals surface area contributed by atoms with Crippen molar-refractivity contribution in [2.75, 3.05) is 25.0 Å². The van der Waals surface area contributed by atoms with Crippen LogP contribution in [0.5, 0.6) is 0 Å². The standard InChI is InChI=1S/C18H25ClF3N3O/c1-4-14(5-2)24(3)17(26)12-6-8-25(9-7-12)16-15(19)10-13(11-23-16)18(20,21)22/h10-12,14H,4-9H2,1-3H3. The summed E-state index contributed by atoms with van der Waals surface area (Å²) in [6.45, 7) is 5.23. The quantitative estimate of drug-likeness (QED) is 0.735. The first-order valence-electron chi connectivity index (χ1n) is 8.93. The van der Waals surface area contributed by atoms with E-state index in [1.807, 2.05) is 16.8 Å². The van der Waals surface area contributed by atoms with Crippen molar-refractivity contribution in [3.05, 3.63) is 22.8 Å². The number of nitrogens with zero attached hydrogens (tertiary/aromatic N) is 3. The highest BCUT2D eigenvalue weighted by Gasteiger charge is 2.33. The van der Waals surface area contributed by atoms with Crippen molar-refractivity contribution in [1.29, 1.82) is 0 Å². The molecule has 26 heavy (non-hydrogen) atoms.